The van der Waals surface area contributed by atoms with Gasteiger partial charge < -0.3 is 20.9 Å². The molecule has 0 unspecified atom stereocenters. The maximum absolute atomic E-state index is 14.0. The Bertz CT molecular complexity index is 1490. The highest BCUT2D eigenvalue weighted by molar-refractivity contribution is 6.44. The van der Waals surface area contributed by atoms with E-state index in [1.54, 1.807) is 42.5 Å². The van der Waals surface area contributed by atoms with Gasteiger partial charge in [-0.15, -0.1) is 0 Å². The van der Waals surface area contributed by atoms with Crippen LogP contribution in [0.3, 0.4) is 0 Å². The lowest BCUT2D eigenvalue weighted by Crippen LogP contribution is -2.65. The van der Waals surface area contributed by atoms with Gasteiger partial charge in [0, 0.05) is 31.4 Å². The van der Waals surface area contributed by atoms with Crippen molar-refractivity contribution in [1.82, 2.24) is 15.5 Å². The molecule has 3 aromatic carbocycles. The molecular formula is C32H32Cl2N4O4. The molecular weight excluding hydrogens is 575 g/mol. The summed E-state index contributed by atoms with van der Waals surface area (Å²) in [6.45, 7) is 1.29. The molecule has 42 heavy (non-hydrogen) atoms. The Balaban J connectivity index is 1.36. The van der Waals surface area contributed by atoms with E-state index in [1.165, 1.54) is 4.90 Å². The lowest BCUT2D eigenvalue weighted by molar-refractivity contribution is -0.143. The first-order valence-corrected chi connectivity index (χ1v) is 14.8. The van der Waals surface area contributed by atoms with Crippen LogP contribution in [-0.4, -0.2) is 53.1 Å². The number of rotatable bonds is 8. The fourth-order valence-electron chi connectivity index (χ4n) is 5.58. The maximum atomic E-state index is 14.0. The number of Topliss-reactive ketones (excluding diaryl/α,β-unsaturated/α-hetero) is 1. The Morgan fingerprint density at radius 1 is 0.857 bits per heavy atom. The first-order valence-electron chi connectivity index (χ1n) is 14.0. The van der Waals surface area contributed by atoms with Gasteiger partial charge in [0.1, 0.15) is 11.6 Å². The zero-order chi connectivity index (χ0) is 29.7. The number of nitrogens with zero attached hydrogens (tertiary/aromatic N) is 1. The fraction of sp³-hybridized carbons (Fsp3) is 0.312. The standard InChI is InChI=1S/C32H32Cl2N4O4/c33-24-11-6-12-25(29(24)34)36-31(42)32(15-17-35-18-16-32)37-30(41)26-19-22-9-4-5-10-23(22)20-38(26)28(40)14-13-27(39)21-7-2-1-3-8-21/h1-12,26,35H,13-20H2,(H,36,42)(H,37,41)/t26-/m0/s1. The molecule has 10 heteroatoms. The molecule has 1 saturated heterocycles. The van der Waals surface area contributed by atoms with E-state index < -0.39 is 23.4 Å². The molecule has 0 aromatic heterocycles. The Kier molecular flexibility index (Phi) is 9.26. The molecule has 0 saturated carbocycles. The smallest absolute Gasteiger partial charge is 0.250 e. The third-order valence-corrected chi connectivity index (χ3v) is 8.81. The molecule has 1 fully saturated rings. The molecule has 3 amide bonds. The van der Waals surface area contributed by atoms with E-state index >= 15 is 0 Å². The van der Waals surface area contributed by atoms with Crippen molar-refractivity contribution < 1.29 is 19.2 Å². The summed E-state index contributed by atoms with van der Waals surface area (Å²) in [6.07, 6.45) is 1.02. The van der Waals surface area contributed by atoms with Gasteiger partial charge in [-0.25, -0.2) is 0 Å². The highest BCUT2D eigenvalue weighted by Crippen LogP contribution is 2.32. The second-order valence-corrected chi connectivity index (χ2v) is 11.5. The summed E-state index contributed by atoms with van der Waals surface area (Å²) in [5.74, 6) is -1.23. The van der Waals surface area contributed by atoms with Crippen molar-refractivity contribution in [2.24, 2.45) is 0 Å². The van der Waals surface area contributed by atoms with Gasteiger partial charge in [-0.1, -0.05) is 83.9 Å². The third kappa shape index (κ3) is 6.51. The molecule has 8 nitrogen and oxygen atoms in total. The maximum Gasteiger partial charge on any atom is 0.250 e. The minimum atomic E-state index is -1.22. The number of amides is 3. The summed E-state index contributed by atoms with van der Waals surface area (Å²) in [7, 11) is 0. The van der Waals surface area contributed by atoms with Crippen LogP contribution < -0.4 is 16.0 Å². The highest BCUT2D eigenvalue weighted by atomic mass is 35.5. The first kappa shape index (κ1) is 29.8. The zero-order valence-corrected chi connectivity index (χ0v) is 24.5. The van der Waals surface area contributed by atoms with E-state index in [2.05, 4.69) is 16.0 Å². The number of halogens is 2. The van der Waals surface area contributed by atoms with Crippen LogP contribution in [0, 0.1) is 0 Å². The number of anilines is 1. The fourth-order valence-corrected chi connectivity index (χ4v) is 5.92. The van der Waals surface area contributed by atoms with Crippen LogP contribution in [0.15, 0.2) is 72.8 Å². The van der Waals surface area contributed by atoms with E-state index in [9.17, 15) is 19.2 Å². The molecule has 0 bridgehead atoms. The van der Waals surface area contributed by atoms with E-state index in [0.29, 0.717) is 48.6 Å². The lowest BCUT2D eigenvalue weighted by Gasteiger charge is -2.41. The topological polar surface area (TPSA) is 108 Å². The van der Waals surface area contributed by atoms with Crippen molar-refractivity contribution in [1.29, 1.82) is 0 Å². The number of carbonyl (C=O) groups is 4. The van der Waals surface area contributed by atoms with Crippen LogP contribution in [0.1, 0.15) is 47.2 Å². The predicted molar refractivity (Wildman–Crippen MR) is 163 cm³/mol. The third-order valence-electron chi connectivity index (χ3n) is 7.99. The van der Waals surface area contributed by atoms with Gasteiger partial charge in [0.2, 0.25) is 17.7 Å². The van der Waals surface area contributed by atoms with Crippen molar-refractivity contribution >= 4 is 52.4 Å². The average Bonchev–Trinajstić information content (AvgIpc) is 3.02. The molecule has 2 aliphatic heterocycles. The van der Waals surface area contributed by atoms with E-state index in [1.807, 2.05) is 30.3 Å². The van der Waals surface area contributed by atoms with Crippen LogP contribution >= 0.6 is 23.2 Å². The van der Waals surface area contributed by atoms with Gasteiger partial charge in [-0.3, -0.25) is 19.2 Å². The molecule has 2 heterocycles. The van der Waals surface area contributed by atoms with Crippen LogP contribution in [-0.2, 0) is 27.3 Å². The molecule has 218 valence electrons. The molecule has 0 radical (unpaired) electrons. The molecule has 2 aliphatic rings. The number of benzene rings is 3. The Labute approximate surface area is 254 Å². The van der Waals surface area contributed by atoms with E-state index in [-0.39, 0.29) is 36.1 Å². The number of ketones is 1. The van der Waals surface area contributed by atoms with Crippen molar-refractivity contribution in [2.45, 2.75) is 50.2 Å². The monoisotopic (exact) mass is 606 g/mol. The first-order chi connectivity index (χ1) is 20.3. The van der Waals surface area contributed by atoms with Gasteiger partial charge in [-0.2, -0.15) is 0 Å². The summed E-state index contributed by atoms with van der Waals surface area (Å²) < 4.78 is 0. The largest absolute Gasteiger partial charge is 0.340 e. The second-order valence-electron chi connectivity index (χ2n) is 10.7. The van der Waals surface area contributed by atoms with Crippen molar-refractivity contribution in [2.75, 3.05) is 18.4 Å². The van der Waals surface area contributed by atoms with E-state index in [4.69, 9.17) is 23.2 Å². The SMILES string of the molecule is O=C(CCC(=O)N1Cc2ccccc2C[C@H]1C(=O)NC1(C(=O)Nc2cccc(Cl)c2Cl)CCNCC1)c1ccccc1. The Morgan fingerprint density at radius 3 is 2.29 bits per heavy atom. The number of nitrogens with one attached hydrogen (secondary N) is 3. The minimum absolute atomic E-state index is 0.0253. The molecule has 1 atom stereocenters. The molecule has 0 spiro atoms. The zero-order valence-electron chi connectivity index (χ0n) is 23.0. The molecule has 3 N–H and O–H groups in total. The van der Waals surface area contributed by atoms with Crippen LogP contribution in [0.4, 0.5) is 5.69 Å². The van der Waals surface area contributed by atoms with Crippen molar-refractivity contribution in [3.63, 3.8) is 0 Å². The normalized spacial score (nSPS) is 17.6. The predicted octanol–water partition coefficient (Wildman–Crippen LogP) is 4.79. The average molecular weight is 608 g/mol. The van der Waals surface area contributed by atoms with Gasteiger partial charge in [0.25, 0.3) is 0 Å². The summed E-state index contributed by atoms with van der Waals surface area (Å²) in [4.78, 5) is 55.5. The van der Waals surface area contributed by atoms with Gasteiger partial charge in [0.15, 0.2) is 5.78 Å². The number of carbonyl (C=O) groups excluding carboxylic acids is 4. The van der Waals surface area contributed by atoms with Crippen molar-refractivity contribution in [3.8, 4) is 0 Å². The number of piperidine rings is 1. The number of hydrogen-bond donors (Lipinski definition) is 3. The molecule has 5 rings (SSSR count). The summed E-state index contributed by atoms with van der Waals surface area (Å²) in [5, 5.41) is 9.64. The van der Waals surface area contributed by atoms with Gasteiger partial charge in [0.05, 0.1) is 15.7 Å². The minimum Gasteiger partial charge on any atom is -0.340 e. The quantitative estimate of drug-likeness (QED) is 0.320. The van der Waals surface area contributed by atoms with Crippen LogP contribution in [0.5, 0.6) is 0 Å². The van der Waals surface area contributed by atoms with Crippen LogP contribution in [0.2, 0.25) is 10.0 Å². The summed E-state index contributed by atoms with van der Waals surface area (Å²) in [6, 6.07) is 20.6. The Hall–Kier alpha value is -3.72. The van der Waals surface area contributed by atoms with E-state index in [0.717, 1.165) is 11.1 Å². The molecule has 0 aliphatic carbocycles. The number of fused-ring (bicyclic) bond motifs is 1. The van der Waals surface area contributed by atoms with Gasteiger partial charge >= 0.3 is 0 Å². The summed E-state index contributed by atoms with van der Waals surface area (Å²) >= 11 is 12.5. The van der Waals surface area contributed by atoms with Crippen molar-refractivity contribution in [3.05, 3.63) is 99.5 Å². The summed E-state index contributed by atoms with van der Waals surface area (Å²) in [5.41, 5.74) is 1.60. The Morgan fingerprint density at radius 2 is 1.55 bits per heavy atom. The second kappa shape index (κ2) is 13.1. The highest BCUT2D eigenvalue weighted by Gasteiger charge is 2.44. The number of hydrogen-bond acceptors (Lipinski definition) is 5. The lowest BCUT2D eigenvalue weighted by atomic mass is 9.85. The molecule has 3 aromatic rings. The van der Waals surface area contributed by atoms with Crippen LogP contribution in [0.25, 0.3) is 0 Å². The van der Waals surface area contributed by atoms with Gasteiger partial charge in [-0.05, 0) is 49.2 Å².